The number of hydrogen-bond donors (Lipinski definition) is 4. The summed E-state index contributed by atoms with van der Waals surface area (Å²) in [5.41, 5.74) is 5.22. The average molecular weight is 541 g/mol. The lowest BCUT2D eigenvalue weighted by molar-refractivity contribution is 0.0819. The molecule has 0 unspecified atom stereocenters. The van der Waals surface area contributed by atoms with Crippen molar-refractivity contribution < 1.29 is 28.1 Å². The van der Waals surface area contributed by atoms with E-state index in [1.165, 1.54) is 53.8 Å². The number of aliphatic hydroxyl groups excluding tert-OH is 2. The third-order valence-electron chi connectivity index (χ3n) is 4.17. The Morgan fingerprint density at radius 1 is 0.970 bits per heavy atom. The number of nitrogens with two attached hydrogens (primary N) is 2. The highest BCUT2D eigenvalue weighted by atomic mass is 35.5. The summed E-state index contributed by atoms with van der Waals surface area (Å²) in [5, 5.41) is 20.7. The highest BCUT2D eigenvalue weighted by molar-refractivity contribution is 7.91. The summed E-state index contributed by atoms with van der Waals surface area (Å²) in [6, 6.07) is 7.89. The van der Waals surface area contributed by atoms with Crippen molar-refractivity contribution in [2.75, 3.05) is 25.6 Å². The maximum absolute atomic E-state index is 13.0. The number of halogens is 3. The van der Waals surface area contributed by atoms with Gasteiger partial charge in [-0.15, -0.1) is 11.6 Å². The molecule has 2 atom stereocenters. The second-order valence-corrected chi connectivity index (χ2v) is 9.88. The summed E-state index contributed by atoms with van der Waals surface area (Å²) in [6.07, 6.45) is 0.777. The molecule has 0 aliphatic rings. The SMILES string of the molecule is N/C=C\N(N)C[C@H](O)COc1ccc(S(=O)(=O)c2ccc(OC[C@H](O)CCl)c(Cl)c2)cc1Cl. The van der Waals surface area contributed by atoms with Crippen molar-refractivity contribution in [1.29, 1.82) is 0 Å². The highest BCUT2D eigenvalue weighted by Gasteiger charge is 2.21. The number of benzene rings is 2. The number of rotatable bonds is 12. The van der Waals surface area contributed by atoms with Gasteiger partial charge >= 0.3 is 0 Å². The lowest BCUT2D eigenvalue weighted by Crippen LogP contribution is -2.36. The molecule has 0 bridgehead atoms. The van der Waals surface area contributed by atoms with Crippen LogP contribution in [0.2, 0.25) is 10.0 Å². The zero-order valence-electron chi connectivity index (χ0n) is 17.3. The quantitative estimate of drug-likeness (QED) is 0.180. The molecular formula is C20H24Cl3N3O6S. The van der Waals surface area contributed by atoms with Crippen LogP contribution in [0, 0.1) is 0 Å². The van der Waals surface area contributed by atoms with Crippen molar-refractivity contribution in [3.63, 3.8) is 0 Å². The largest absolute Gasteiger partial charge is 0.489 e. The summed E-state index contributed by atoms with van der Waals surface area (Å²) in [4.78, 5) is -0.155. The standard InChI is InChI=1S/C20H24Cl3N3O6S/c21-9-13(27)11-31-19-3-1-15(7-17(19)22)33(29,30)16-2-4-20(18(23)8-16)32-12-14(28)10-26(25)6-5-24/h1-8,13-14,27-28H,9-12,24-25H2/b6-5-/t13-,14+/m1/s1. The molecular weight excluding hydrogens is 517 g/mol. The van der Waals surface area contributed by atoms with Gasteiger partial charge in [0.2, 0.25) is 9.84 Å². The van der Waals surface area contributed by atoms with Crippen molar-refractivity contribution in [2.45, 2.75) is 22.0 Å². The molecule has 0 radical (unpaired) electrons. The maximum atomic E-state index is 13.0. The van der Waals surface area contributed by atoms with E-state index >= 15 is 0 Å². The van der Waals surface area contributed by atoms with Gasteiger partial charge < -0.3 is 30.4 Å². The summed E-state index contributed by atoms with van der Waals surface area (Å²) in [5.74, 6) is 5.97. The minimum Gasteiger partial charge on any atom is -0.489 e. The van der Waals surface area contributed by atoms with Crippen LogP contribution in [-0.4, -0.2) is 61.5 Å². The molecule has 2 rings (SSSR count). The Kier molecular flexibility index (Phi) is 10.4. The Morgan fingerprint density at radius 2 is 1.45 bits per heavy atom. The van der Waals surface area contributed by atoms with E-state index in [0.717, 1.165) is 0 Å². The van der Waals surface area contributed by atoms with E-state index in [4.69, 9.17) is 55.9 Å². The van der Waals surface area contributed by atoms with Crippen LogP contribution in [0.25, 0.3) is 0 Å². The third-order valence-corrected chi connectivity index (χ3v) is 6.86. The van der Waals surface area contributed by atoms with Gasteiger partial charge in [0, 0.05) is 12.4 Å². The summed E-state index contributed by atoms with van der Waals surface area (Å²) in [7, 11) is -3.95. The zero-order chi connectivity index (χ0) is 24.6. The minimum atomic E-state index is -3.95. The van der Waals surface area contributed by atoms with E-state index in [2.05, 4.69) is 0 Å². The number of hydrazine groups is 1. The Labute approximate surface area is 206 Å². The Balaban J connectivity index is 2.12. The molecule has 182 valence electrons. The Bertz CT molecular complexity index is 1070. The lowest BCUT2D eigenvalue weighted by atomic mass is 10.3. The van der Waals surface area contributed by atoms with Gasteiger partial charge in [0.1, 0.15) is 36.9 Å². The smallest absolute Gasteiger partial charge is 0.206 e. The van der Waals surface area contributed by atoms with Gasteiger partial charge in [-0.2, -0.15) is 0 Å². The van der Waals surface area contributed by atoms with Crippen LogP contribution in [0.5, 0.6) is 11.5 Å². The van der Waals surface area contributed by atoms with Crippen LogP contribution < -0.4 is 21.1 Å². The van der Waals surface area contributed by atoms with Crippen molar-refractivity contribution >= 4 is 44.6 Å². The maximum Gasteiger partial charge on any atom is 0.206 e. The van der Waals surface area contributed by atoms with Crippen LogP contribution in [0.4, 0.5) is 0 Å². The van der Waals surface area contributed by atoms with Crippen LogP contribution in [0.1, 0.15) is 0 Å². The molecule has 0 heterocycles. The van der Waals surface area contributed by atoms with Gasteiger partial charge in [0.05, 0.1) is 32.3 Å². The number of hydrogen-bond acceptors (Lipinski definition) is 9. The van der Waals surface area contributed by atoms with Gasteiger partial charge in [-0.3, -0.25) is 0 Å². The normalized spacial score (nSPS) is 13.6. The topological polar surface area (TPSA) is 148 Å². The number of aliphatic hydroxyl groups is 2. The minimum absolute atomic E-state index is 0.0133. The lowest BCUT2D eigenvalue weighted by Gasteiger charge is -2.19. The molecule has 0 aliphatic carbocycles. The van der Waals surface area contributed by atoms with Gasteiger partial charge in [-0.05, 0) is 36.4 Å². The van der Waals surface area contributed by atoms with Crippen molar-refractivity contribution in [3.8, 4) is 11.5 Å². The first-order chi connectivity index (χ1) is 15.6. The Morgan fingerprint density at radius 3 is 1.88 bits per heavy atom. The van der Waals surface area contributed by atoms with Crippen molar-refractivity contribution in [3.05, 3.63) is 58.8 Å². The van der Waals surface area contributed by atoms with Crippen LogP contribution in [0.15, 0.2) is 58.6 Å². The van der Waals surface area contributed by atoms with Crippen LogP contribution in [0.3, 0.4) is 0 Å². The molecule has 9 nitrogen and oxygen atoms in total. The molecule has 33 heavy (non-hydrogen) atoms. The Hall–Kier alpha value is -1.92. The molecule has 0 saturated carbocycles. The first-order valence-electron chi connectivity index (χ1n) is 9.50. The number of ether oxygens (including phenoxy) is 2. The molecule has 2 aromatic rings. The van der Waals surface area contributed by atoms with Gasteiger partial charge in [-0.1, -0.05) is 23.2 Å². The van der Waals surface area contributed by atoms with Crippen LogP contribution >= 0.6 is 34.8 Å². The van der Waals surface area contributed by atoms with Gasteiger partial charge in [0.15, 0.2) is 0 Å². The molecule has 0 saturated heterocycles. The first kappa shape index (κ1) is 27.3. The number of sulfone groups is 1. The van der Waals surface area contributed by atoms with E-state index in [0.29, 0.717) is 0 Å². The molecule has 13 heteroatoms. The van der Waals surface area contributed by atoms with E-state index in [1.54, 1.807) is 0 Å². The fourth-order valence-corrected chi connectivity index (χ4v) is 4.55. The highest BCUT2D eigenvalue weighted by Crippen LogP contribution is 2.33. The molecule has 0 fully saturated rings. The van der Waals surface area contributed by atoms with Crippen LogP contribution in [-0.2, 0) is 9.84 Å². The van der Waals surface area contributed by atoms with E-state index < -0.39 is 22.0 Å². The average Bonchev–Trinajstić information content (AvgIpc) is 2.77. The van der Waals surface area contributed by atoms with Gasteiger partial charge in [-0.25, -0.2) is 14.3 Å². The van der Waals surface area contributed by atoms with E-state index in [9.17, 15) is 18.6 Å². The predicted molar refractivity (Wildman–Crippen MR) is 126 cm³/mol. The predicted octanol–water partition coefficient (Wildman–Crippen LogP) is 2.15. The summed E-state index contributed by atoms with van der Waals surface area (Å²) in [6.45, 7) is -0.162. The van der Waals surface area contributed by atoms with Crippen molar-refractivity contribution in [1.82, 2.24) is 5.01 Å². The third kappa shape index (κ3) is 7.82. The first-order valence-corrected chi connectivity index (χ1v) is 12.3. The molecule has 0 aromatic heterocycles. The fraction of sp³-hybridized carbons (Fsp3) is 0.300. The molecule has 0 spiro atoms. The summed E-state index contributed by atoms with van der Waals surface area (Å²) >= 11 is 17.8. The fourth-order valence-electron chi connectivity index (χ4n) is 2.55. The molecule has 0 amide bonds. The van der Waals surface area contributed by atoms with E-state index in [1.807, 2.05) is 0 Å². The second kappa shape index (κ2) is 12.5. The summed E-state index contributed by atoms with van der Waals surface area (Å²) < 4.78 is 36.8. The monoisotopic (exact) mass is 539 g/mol. The number of nitrogens with zero attached hydrogens (tertiary/aromatic N) is 1. The van der Waals surface area contributed by atoms with Crippen molar-refractivity contribution in [2.24, 2.45) is 11.6 Å². The van der Waals surface area contributed by atoms with E-state index in [-0.39, 0.29) is 57.0 Å². The number of alkyl halides is 1. The molecule has 0 aliphatic heterocycles. The molecule has 6 N–H and O–H groups in total. The second-order valence-electron chi connectivity index (χ2n) is 6.81. The molecule has 2 aromatic carbocycles. The zero-order valence-corrected chi connectivity index (χ0v) is 20.4. The van der Waals surface area contributed by atoms with Gasteiger partial charge in [0.25, 0.3) is 0 Å².